The van der Waals surface area contributed by atoms with Gasteiger partial charge in [0, 0.05) is 19.9 Å². The summed E-state index contributed by atoms with van der Waals surface area (Å²) in [4.78, 5) is 14.8. The van der Waals surface area contributed by atoms with Crippen LogP contribution in [0.4, 0.5) is 0 Å². The van der Waals surface area contributed by atoms with E-state index in [0.29, 0.717) is 30.4 Å². The van der Waals surface area contributed by atoms with Gasteiger partial charge in [-0.05, 0) is 19.1 Å². The zero-order chi connectivity index (χ0) is 13.8. The third kappa shape index (κ3) is 3.41. The van der Waals surface area contributed by atoms with E-state index in [2.05, 4.69) is 15.5 Å². The topological polar surface area (TPSA) is 101 Å². The second kappa shape index (κ2) is 5.66. The summed E-state index contributed by atoms with van der Waals surface area (Å²) in [5.74, 6) is 0.642. The Kier molecular flexibility index (Phi) is 3.96. The van der Waals surface area contributed by atoms with Gasteiger partial charge in [0.05, 0.1) is 6.04 Å². The average molecular weight is 265 g/mol. The first-order chi connectivity index (χ1) is 9.06. The van der Waals surface area contributed by atoms with Crippen molar-refractivity contribution in [3.8, 4) is 0 Å². The second-order valence-electron chi connectivity index (χ2n) is 4.16. The molecule has 0 spiro atoms. The number of hydrogen-bond acceptors (Lipinski definition) is 6. The molecule has 0 fully saturated rings. The van der Waals surface area contributed by atoms with Gasteiger partial charge in [0.15, 0.2) is 5.82 Å². The highest BCUT2D eigenvalue weighted by Gasteiger charge is 2.13. The number of aryl methyl sites for hydroxylation is 1. The molecule has 7 nitrogen and oxygen atoms in total. The van der Waals surface area contributed by atoms with Crippen LogP contribution in [0.1, 0.15) is 41.0 Å². The van der Waals surface area contributed by atoms with Crippen LogP contribution in [0.5, 0.6) is 0 Å². The van der Waals surface area contributed by atoms with E-state index in [9.17, 15) is 4.79 Å². The summed E-state index contributed by atoms with van der Waals surface area (Å²) in [7, 11) is 0. The summed E-state index contributed by atoms with van der Waals surface area (Å²) in [6.45, 7) is 4.28. The molecule has 0 aliphatic carbocycles. The van der Waals surface area contributed by atoms with Crippen molar-refractivity contribution in [2.24, 2.45) is 0 Å². The highest BCUT2D eigenvalue weighted by Crippen LogP contribution is 2.16. The third-order valence-corrected chi connectivity index (χ3v) is 2.63. The number of furan rings is 1. The Morgan fingerprint density at radius 2 is 2.32 bits per heavy atom. The van der Waals surface area contributed by atoms with Gasteiger partial charge in [0.2, 0.25) is 11.7 Å². The number of nitrogens with one attached hydrogen (secondary N) is 1. The molecule has 0 amide bonds. The third-order valence-electron chi connectivity index (χ3n) is 2.63. The van der Waals surface area contributed by atoms with Crippen molar-refractivity contribution in [2.45, 2.75) is 26.3 Å². The van der Waals surface area contributed by atoms with Gasteiger partial charge in [0.1, 0.15) is 5.76 Å². The first-order valence-electron chi connectivity index (χ1n) is 5.92. The first kappa shape index (κ1) is 13.3. The van der Waals surface area contributed by atoms with Gasteiger partial charge in [-0.2, -0.15) is 4.98 Å². The molecule has 0 aliphatic heterocycles. The molecule has 2 aromatic rings. The Hall–Kier alpha value is -2.15. The van der Waals surface area contributed by atoms with Crippen molar-refractivity contribution in [1.29, 1.82) is 0 Å². The van der Waals surface area contributed by atoms with Gasteiger partial charge < -0.3 is 19.4 Å². The lowest BCUT2D eigenvalue weighted by atomic mass is 10.2. The molecule has 2 N–H and O–H groups in total. The molecular formula is C12H15N3O4. The monoisotopic (exact) mass is 265 g/mol. The lowest BCUT2D eigenvalue weighted by molar-refractivity contribution is 0.0659. The minimum absolute atomic E-state index is 0.0579. The molecule has 0 radical (unpaired) electrons. The molecule has 0 bridgehead atoms. The fourth-order valence-corrected chi connectivity index (χ4v) is 1.64. The number of carboxylic acid groups (broad SMARTS) is 1. The summed E-state index contributed by atoms with van der Waals surface area (Å²) >= 11 is 0. The predicted molar refractivity (Wildman–Crippen MR) is 64.8 cm³/mol. The Bertz CT molecular complexity index is 561. The van der Waals surface area contributed by atoms with E-state index in [0.717, 1.165) is 0 Å². The Morgan fingerprint density at radius 3 is 2.89 bits per heavy atom. The second-order valence-corrected chi connectivity index (χ2v) is 4.16. The lowest BCUT2D eigenvalue weighted by Crippen LogP contribution is -2.21. The molecule has 1 unspecified atom stereocenters. The smallest absolute Gasteiger partial charge is 0.371 e. The normalized spacial score (nSPS) is 12.5. The van der Waals surface area contributed by atoms with Gasteiger partial charge in [-0.3, -0.25) is 0 Å². The highest BCUT2D eigenvalue weighted by molar-refractivity contribution is 5.84. The lowest BCUT2D eigenvalue weighted by Gasteiger charge is -2.09. The standard InChI is InChI=1S/C12H15N3O4/c1-7(9-3-4-10(18-9)12(16)17)13-6-5-11-14-8(2)19-15-11/h3-4,7,13H,5-6H2,1-2H3,(H,16,17). The van der Waals surface area contributed by atoms with Crippen LogP contribution < -0.4 is 5.32 Å². The van der Waals surface area contributed by atoms with Crippen molar-refractivity contribution in [1.82, 2.24) is 15.5 Å². The molecule has 0 aromatic carbocycles. The van der Waals surface area contributed by atoms with E-state index in [4.69, 9.17) is 14.0 Å². The van der Waals surface area contributed by atoms with Crippen LogP contribution in [-0.4, -0.2) is 27.8 Å². The molecule has 1 atom stereocenters. The van der Waals surface area contributed by atoms with E-state index in [1.807, 2.05) is 6.92 Å². The molecule has 2 rings (SSSR count). The molecule has 2 aromatic heterocycles. The van der Waals surface area contributed by atoms with E-state index >= 15 is 0 Å². The molecule has 2 heterocycles. The van der Waals surface area contributed by atoms with Gasteiger partial charge in [-0.1, -0.05) is 5.16 Å². The van der Waals surface area contributed by atoms with Crippen LogP contribution >= 0.6 is 0 Å². The maximum absolute atomic E-state index is 10.7. The van der Waals surface area contributed by atoms with Crippen molar-refractivity contribution in [3.05, 3.63) is 35.4 Å². The number of rotatable bonds is 6. The number of hydrogen-bond donors (Lipinski definition) is 2. The van der Waals surface area contributed by atoms with Crippen molar-refractivity contribution in [2.75, 3.05) is 6.54 Å². The summed E-state index contributed by atoms with van der Waals surface area (Å²) in [6.07, 6.45) is 0.633. The van der Waals surface area contributed by atoms with Crippen LogP contribution in [0.25, 0.3) is 0 Å². The van der Waals surface area contributed by atoms with E-state index in [-0.39, 0.29) is 11.8 Å². The predicted octanol–water partition coefficient (Wildman–Crippen LogP) is 1.56. The van der Waals surface area contributed by atoms with Crippen LogP contribution in [0.3, 0.4) is 0 Å². The SMILES string of the molecule is Cc1nc(CCNC(C)c2ccc(C(=O)O)o2)no1. The highest BCUT2D eigenvalue weighted by atomic mass is 16.5. The van der Waals surface area contributed by atoms with Crippen LogP contribution in [0, 0.1) is 6.92 Å². The number of carboxylic acids is 1. The van der Waals surface area contributed by atoms with Crippen LogP contribution in [0.2, 0.25) is 0 Å². The number of nitrogens with zero attached hydrogens (tertiary/aromatic N) is 2. The quantitative estimate of drug-likeness (QED) is 0.817. The van der Waals surface area contributed by atoms with Crippen LogP contribution in [-0.2, 0) is 6.42 Å². The Balaban J connectivity index is 1.83. The molecule has 0 saturated heterocycles. The fraction of sp³-hybridized carbons (Fsp3) is 0.417. The minimum atomic E-state index is -1.07. The van der Waals surface area contributed by atoms with Crippen molar-refractivity contribution < 1.29 is 18.8 Å². The van der Waals surface area contributed by atoms with E-state index in [1.54, 1.807) is 13.0 Å². The molecular weight excluding hydrogens is 250 g/mol. The zero-order valence-electron chi connectivity index (χ0n) is 10.7. The van der Waals surface area contributed by atoms with Gasteiger partial charge in [0.25, 0.3) is 0 Å². The van der Waals surface area contributed by atoms with Crippen LogP contribution in [0.15, 0.2) is 21.1 Å². The van der Waals surface area contributed by atoms with Gasteiger partial charge in [-0.25, -0.2) is 4.79 Å². The number of aromatic nitrogens is 2. The van der Waals surface area contributed by atoms with Gasteiger partial charge in [-0.15, -0.1) is 0 Å². The largest absolute Gasteiger partial charge is 0.475 e. The van der Waals surface area contributed by atoms with E-state index < -0.39 is 5.97 Å². The maximum Gasteiger partial charge on any atom is 0.371 e. The molecule has 7 heteroatoms. The number of aromatic carboxylic acids is 1. The molecule has 102 valence electrons. The Labute approximate surface area is 109 Å². The molecule has 0 saturated carbocycles. The molecule has 0 aliphatic rings. The fourth-order valence-electron chi connectivity index (χ4n) is 1.64. The minimum Gasteiger partial charge on any atom is -0.475 e. The Morgan fingerprint density at radius 1 is 1.53 bits per heavy atom. The average Bonchev–Trinajstić information content (AvgIpc) is 2.98. The van der Waals surface area contributed by atoms with E-state index in [1.165, 1.54) is 6.07 Å². The number of carbonyl (C=O) groups is 1. The summed E-state index contributed by atoms with van der Waals surface area (Å²) in [5, 5.41) is 15.8. The summed E-state index contributed by atoms with van der Waals surface area (Å²) in [6, 6.07) is 3.01. The first-order valence-corrected chi connectivity index (χ1v) is 5.92. The van der Waals surface area contributed by atoms with Crippen molar-refractivity contribution >= 4 is 5.97 Å². The summed E-state index contributed by atoms with van der Waals surface area (Å²) < 4.78 is 10.1. The molecule has 19 heavy (non-hydrogen) atoms. The zero-order valence-corrected chi connectivity index (χ0v) is 10.7. The maximum atomic E-state index is 10.7. The summed E-state index contributed by atoms with van der Waals surface area (Å²) in [5.41, 5.74) is 0. The van der Waals surface area contributed by atoms with Crippen molar-refractivity contribution in [3.63, 3.8) is 0 Å². The van der Waals surface area contributed by atoms with Gasteiger partial charge >= 0.3 is 5.97 Å².